The van der Waals surface area contributed by atoms with Crippen molar-refractivity contribution in [3.63, 3.8) is 0 Å². The molecule has 0 radical (unpaired) electrons. The number of carbonyl (C=O) groups is 1. The molecule has 1 aromatic carbocycles. The van der Waals surface area contributed by atoms with Crippen molar-refractivity contribution in [1.82, 2.24) is 15.2 Å². The van der Waals surface area contributed by atoms with Crippen molar-refractivity contribution in [1.29, 1.82) is 0 Å². The number of fused-ring (bicyclic) bond motifs is 1. The van der Waals surface area contributed by atoms with Crippen molar-refractivity contribution in [2.75, 3.05) is 13.1 Å². The van der Waals surface area contributed by atoms with Crippen LogP contribution in [0.2, 0.25) is 0 Å². The Labute approximate surface area is 143 Å². The summed E-state index contributed by atoms with van der Waals surface area (Å²) < 4.78 is 0. The molecule has 128 valence electrons. The van der Waals surface area contributed by atoms with Gasteiger partial charge in [-0.25, -0.2) is 0 Å². The molecule has 2 N–H and O–H groups in total. The average Bonchev–Trinajstić information content (AvgIpc) is 3.37. The number of aromatic amines is 1. The number of carbonyl (C=O) groups excluding carboxylic acids is 1. The first kappa shape index (κ1) is 15.7. The lowest BCUT2D eigenvalue weighted by Crippen LogP contribution is -2.45. The van der Waals surface area contributed by atoms with Gasteiger partial charge in [0, 0.05) is 48.7 Å². The highest BCUT2D eigenvalue weighted by molar-refractivity contribution is 5.83. The number of aryl methyl sites for hydroxylation is 1. The van der Waals surface area contributed by atoms with Crippen LogP contribution in [0.5, 0.6) is 0 Å². The number of amides is 1. The molecule has 2 heterocycles. The molecule has 2 aliphatic rings. The third kappa shape index (κ3) is 3.64. The number of hydrogen-bond acceptors (Lipinski definition) is 2. The number of piperidine rings is 1. The number of nitrogens with zero attached hydrogens (tertiary/aromatic N) is 1. The maximum atomic E-state index is 12.2. The first-order valence-corrected chi connectivity index (χ1v) is 9.38. The Hall–Kier alpha value is -1.81. The van der Waals surface area contributed by atoms with E-state index in [-0.39, 0.29) is 5.91 Å². The third-order valence-corrected chi connectivity index (χ3v) is 5.48. The van der Waals surface area contributed by atoms with E-state index in [0.29, 0.717) is 12.5 Å². The fraction of sp³-hybridized carbons (Fsp3) is 0.550. The number of hydrogen-bond donors (Lipinski definition) is 2. The first-order chi connectivity index (χ1) is 11.8. The van der Waals surface area contributed by atoms with Crippen molar-refractivity contribution in [3.05, 3.63) is 36.0 Å². The summed E-state index contributed by atoms with van der Waals surface area (Å²) in [5, 5.41) is 4.53. The molecule has 2 fully saturated rings. The van der Waals surface area contributed by atoms with Gasteiger partial charge in [0.25, 0.3) is 0 Å². The molecular formula is C20H27N3O. The Morgan fingerprint density at radius 3 is 2.75 bits per heavy atom. The molecule has 1 aliphatic heterocycles. The topological polar surface area (TPSA) is 48.1 Å². The summed E-state index contributed by atoms with van der Waals surface area (Å²) in [5.41, 5.74) is 2.50. The minimum atomic E-state index is 0.222. The predicted molar refractivity (Wildman–Crippen MR) is 97.0 cm³/mol. The summed E-state index contributed by atoms with van der Waals surface area (Å²) in [6.07, 6.45) is 9.57. The molecule has 1 aromatic heterocycles. The SMILES string of the molecule is O=C(CCCc1c[nH]c2ccccc12)NC1CCN(C2CC2)CC1. The number of H-pyrrole nitrogens is 1. The number of nitrogens with one attached hydrogen (secondary N) is 2. The van der Waals surface area contributed by atoms with Gasteiger partial charge in [-0.15, -0.1) is 0 Å². The van der Waals surface area contributed by atoms with Gasteiger partial charge >= 0.3 is 0 Å². The molecule has 1 saturated carbocycles. The van der Waals surface area contributed by atoms with Crippen LogP contribution in [0, 0.1) is 0 Å². The highest BCUT2D eigenvalue weighted by Gasteiger charge is 2.31. The molecule has 0 bridgehead atoms. The average molecular weight is 325 g/mol. The van der Waals surface area contributed by atoms with Crippen LogP contribution in [-0.2, 0) is 11.2 Å². The van der Waals surface area contributed by atoms with Gasteiger partial charge in [0.05, 0.1) is 0 Å². The summed E-state index contributed by atoms with van der Waals surface area (Å²) in [6.45, 7) is 2.32. The van der Waals surface area contributed by atoms with Crippen LogP contribution in [0.15, 0.2) is 30.5 Å². The second kappa shape index (κ2) is 6.98. The van der Waals surface area contributed by atoms with Gasteiger partial charge < -0.3 is 15.2 Å². The fourth-order valence-electron chi connectivity index (χ4n) is 3.93. The molecule has 24 heavy (non-hydrogen) atoms. The smallest absolute Gasteiger partial charge is 0.220 e. The van der Waals surface area contributed by atoms with E-state index < -0.39 is 0 Å². The van der Waals surface area contributed by atoms with Gasteiger partial charge in [-0.05, 0) is 50.2 Å². The van der Waals surface area contributed by atoms with E-state index in [1.165, 1.54) is 29.3 Å². The number of rotatable bonds is 6. The lowest BCUT2D eigenvalue weighted by atomic mass is 10.0. The Morgan fingerprint density at radius 2 is 1.96 bits per heavy atom. The summed E-state index contributed by atoms with van der Waals surface area (Å²) >= 11 is 0. The van der Waals surface area contributed by atoms with Crippen LogP contribution < -0.4 is 5.32 Å². The van der Waals surface area contributed by atoms with Gasteiger partial charge in [0.1, 0.15) is 0 Å². The Bertz CT molecular complexity index is 696. The van der Waals surface area contributed by atoms with Crippen molar-refractivity contribution >= 4 is 16.8 Å². The minimum absolute atomic E-state index is 0.222. The Morgan fingerprint density at radius 1 is 1.17 bits per heavy atom. The van der Waals surface area contributed by atoms with Crippen LogP contribution in [0.1, 0.15) is 44.1 Å². The van der Waals surface area contributed by atoms with Crippen LogP contribution in [0.4, 0.5) is 0 Å². The van der Waals surface area contributed by atoms with Gasteiger partial charge in [-0.2, -0.15) is 0 Å². The maximum Gasteiger partial charge on any atom is 0.220 e. The summed E-state index contributed by atoms with van der Waals surface area (Å²) in [6, 6.07) is 9.61. The van der Waals surface area contributed by atoms with Crippen molar-refractivity contribution in [2.45, 2.75) is 57.0 Å². The molecule has 0 atom stereocenters. The second-order valence-corrected chi connectivity index (χ2v) is 7.32. The fourth-order valence-corrected chi connectivity index (χ4v) is 3.93. The summed E-state index contributed by atoms with van der Waals surface area (Å²) in [5.74, 6) is 0.222. The normalized spacial score (nSPS) is 19.7. The molecule has 1 amide bonds. The lowest BCUT2D eigenvalue weighted by molar-refractivity contribution is -0.122. The second-order valence-electron chi connectivity index (χ2n) is 7.32. The van der Waals surface area contributed by atoms with Gasteiger partial charge in [-0.1, -0.05) is 18.2 Å². The zero-order chi connectivity index (χ0) is 16.4. The molecular weight excluding hydrogens is 298 g/mol. The van der Waals surface area contributed by atoms with E-state index in [2.05, 4.69) is 39.6 Å². The molecule has 4 rings (SSSR count). The number of aromatic nitrogens is 1. The molecule has 1 saturated heterocycles. The van der Waals surface area contributed by atoms with Crippen molar-refractivity contribution in [3.8, 4) is 0 Å². The largest absolute Gasteiger partial charge is 0.361 e. The number of likely N-dealkylation sites (tertiary alicyclic amines) is 1. The monoisotopic (exact) mass is 325 g/mol. The minimum Gasteiger partial charge on any atom is -0.361 e. The standard InChI is InChI=1S/C20H27N3O/c24-20(22-16-10-12-23(13-11-16)17-8-9-17)7-3-4-15-14-21-19-6-2-1-5-18(15)19/h1-2,5-6,14,16-17,21H,3-4,7-13H2,(H,22,24). The van der Waals surface area contributed by atoms with E-state index in [0.717, 1.165) is 44.8 Å². The van der Waals surface area contributed by atoms with E-state index >= 15 is 0 Å². The summed E-state index contributed by atoms with van der Waals surface area (Å²) in [4.78, 5) is 18.1. The van der Waals surface area contributed by atoms with E-state index in [4.69, 9.17) is 0 Å². The zero-order valence-corrected chi connectivity index (χ0v) is 14.3. The van der Waals surface area contributed by atoms with Crippen molar-refractivity contribution < 1.29 is 4.79 Å². The predicted octanol–water partition coefficient (Wildman–Crippen LogP) is 3.23. The maximum absolute atomic E-state index is 12.2. The quantitative estimate of drug-likeness (QED) is 0.856. The first-order valence-electron chi connectivity index (χ1n) is 9.38. The van der Waals surface area contributed by atoms with Gasteiger partial charge in [0.15, 0.2) is 0 Å². The third-order valence-electron chi connectivity index (χ3n) is 5.48. The van der Waals surface area contributed by atoms with Crippen LogP contribution in [-0.4, -0.2) is 41.0 Å². The molecule has 0 unspecified atom stereocenters. The summed E-state index contributed by atoms with van der Waals surface area (Å²) in [7, 11) is 0. The number of benzene rings is 1. The Kier molecular flexibility index (Phi) is 4.56. The van der Waals surface area contributed by atoms with E-state index in [9.17, 15) is 4.79 Å². The highest BCUT2D eigenvalue weighted by atomic mass is 16.1. The van der Waals surface area contributed by atoms with Crippen LogP contribution >= 0.6 is 0 Å². The van der Waals surface area contributed by atoms with Crippen LogP contribution in [0.3, 0.4) is 0 Å². The zero-order valence-electron chi connectivity index (χ0n) is 14.3. The molecule has 0 spiro atoms. The number of para-hydroxylation sites is 1. The van der Waals surface area contributed by atoms with Gasteiger partial charge in [0.2, 0.25) is 5.91 Å². The van der Waals surface area contributed by atoms with Crippen LogP contribution in [0.25, 0.3) is 10.9 Å². The van der Waals surface area contributed by atoms with Gasteiger partial charge in [-0.3, -0.25) is 4.79 Å². The molecule has 2 aromatic rings. The molecule has 1 aliphatic carbocycles. The molecule has 4 nitrogen and oxygen atoms in total. The van der Waals surface area contributed by atoms with Crippen molar-refractivity contribution in [2.24, 2.45) is 0 Å². The highest BCUT2D eigenvalue weighted by Crippen LogP contribution is 2.29. The lowest BCUT2D eigenvalue weighted by Gasteiger charge is -2.32. The molecule has 4 heteroatoms. The van der Waals surface area contributed by atoms with E-state index in [1.807, 2.05) is 6.07 Å². The van der Waals surface area contributed by atoms with E-state index in [1.54, 1.807) is 0 Å². The Balaban J connectivity index is 1.19.